The molecule has 0 aliphatic heterocycles. The third-order valence-electron chi connectivity index (χ3n) is 6.90. The number of hydrogen-bond acceptors (Lipinski definition) is 7. The van der Waals surface area contributed by atoms with E-state index in [1.54, 1.807) is 20.8 Å². The Morgan fingerprint density at radius 2 is 1.43 bits per heavy atom. The molecule has 4 aromatic carbocycles. The molecule has 0 radical (unpaired) electrons. The van der Waals surface area contributed by atoms with Crippen LogP contribution in [0.2, 0.25) is 0 Å². The van der Waals surface area contributed by atoms with Crippen LogP contribution in [0.5, 0.6) is 5.75 Å². The van der Waals surface area contributed by atoms with Crippen molar-refractivity contribution in [3.63, 3.8) is 0 Å². The molecule has 5 nitrogen and oxygen atoms in total. The lowest BCUT2D eigenvalue weighted by atomic mass is 9.98. The van der Waals surface area contributed by atoms with Gasteiger partial charge in [-0.1, -0.05) is 78.3 Å². The van der Waals surface area contributed by atoms with E-state index in [1.807, 2.05) is 49.4 Å². The zero-order valence-electron chi connectivity index (χ0n) is 23.6. The van der Waals surface area contributed by atoms with E-state index >= 15 is 0 Å². The molecule has 6 rings (SSSR count). The Labute approximate surface area is 256 Å². The summed E-state index contributed by atoms with van der Waals surface area (Å²) >= 11 is 9.27. The molecule has 2 aromatic heterocycles. The standard InChI is InChI=1S/C17H17ClO2.C17H12O3S2/c1-4-20-17(19)12(3)16(18)15-11(2)9-10-13-7-5-6-8-14(13)15;1-2-20-17(19)16-13(18)15-14(22-16)12-10-6-4-3-5-9(10)7-8-11(12)21-15/h5-10H,4H2,1-3H3;3-8,18H,2H2,1H3/b16-12-;. The van der Waals surface area contributed by atoms with E-state index in [0.717, 1.165) is 52.2 Å². The van der Waals surface area contributed by atoms with Crippen LogP contribution in [-0.2, 0) is 14.3 Å². The van der Waals surface area contributed by atoms with Crippen LogP contribution in [0.25, 0.3) is 46.1 Å². The number of benzene rings is 4. The second-order valence-electron chi connectivity index (χ2n) is 9.56. The second-order valence-corrected chi connectivity index (χ2v) is 12.0. The maximum absolute atomic E-state index is 12.0. The van der Waals surface area contributed by atoms with Crippen molar-refractivity contribution in [2.45, 2.75) is 27.7 Å². The number of hydrogen-bond donors (Lipinski definition) is 1. The minimum atomic E-state index is -0.457. The monoisotopic (exact) mass is 616 g/mol. The van der Waals surface area contributed by atoms with Crippen LogP contribution < -0.4 is 0 Å². The van der Waals surface area contributed by atoms with Crippen LogP contribution in [0, 0.1) is 6.92 Å². The van der Waals surface area contributed by atoms with Gasteiger partial charge in [0.2, 0.25) is 0 Å². The molecule has 0 saturated carbocycles. The normalized spacial score (nSPS) is 11.8. The molecular weight excluding hydrogens is 588 g/mol. The van der Waals surface area contributed by atoms with Crippen molar-refractivity contribution >= 4 is 92.3 Å². The highest BCUT2D eigenvalue weighted by Crippen LogP contribution is 2.48. The molecule has 214 valence electrons. The Morgan fingerprint density at radius 1 is 0.810 bits per heavy atom. The van der Waals surface area contributed by atoms with Crippen molar-refractivity contribution in [3.8, 4) is 5.75 Å². The van der Waals surface area contributed by atoms with Gasteiger partial charge in [-0.3, -0.25) is 0 Å². The van der Waals surface area contributed by atoms with Crippen molar-refractivity contribution in [3.05, 3.63) is 94.4 Å². The summed E-state index contributed by atoms with van der Waals surface area (Å²) in [6.45, 7) is 7.86. The zero-order valence-corrected chi connectivity index (χ0v) is 26.0. The molecule has 2 heterocycles. The van der Waals surface area contributed by atoms with E-state index in [9.17, 15) is 14.7 Å². The first-order chi connectivity index (χ1) is 20.3. The molecule has 6 aromatic rings. The molecule has 0 amide bonds. The van der Waals surface area contributed by atoms with Crippen molar-refractivity contribution in [1.29, 1.82) is 0 Å². The number of fused-ring (bicyclic) bond motifs is 6. The predicted molar refractivity (Wildman–Crippen MR) is 176 cm³/mol. The highest BCUT2D eigenvalue weighted by atomic mass is 35.5. The molecule has 0 aliphatic rings. The average molecular weight is 617 g/mol. The molecule has 0 fully saturated rings. The highest BCUT2D eigenvalue weighted by Gasteiger charge is 2.23. The Bertz CT molecular complexity index is 2000. The first kappa shape index (κ1) is 29.6. The van der Waals surface area contributed by atoms with Gasteiger partial charge in [-0.15, -0.1) is 22.7 Å². The summed E-state index contributed by atoms with van der Waals surface area (Å²) in [7, 11) is 0. The van der Waals surface area contributed by atoms with E-state index in [0.29, 0.717) is 23.8 Å². The quantitative estimate of drug-likeness (QED) is 0.154. The molecule has 8 heteroatoms. The summed E-state index contributed by atoms with van der Waals surface area (Å²) < 4.78 is 12.9. The fourth-order valence-electron chi connectivity index (χ4n) is 4.87. The third-order valence-corrected chi connectivity index (χ3v) is 9.84. The van der Waals surface area contributed by atoms with Gasteiger partial charge in [0, 0.05) is 15.6 Å². The molecular formula is C34H29ClO5S2. The number of ether oxygens (including phenoxy) is 2. The van der Waals surface area contributed by atoms with Gasteiger partial charge in [0.05, 0.1) is 33.2 Å². The SMILES string of the molecule is CCOC(=O)/C(C)=C(\Cl)c1c(C)ccc2ccccc12.CCOC(=O)c1sc2c(sc3ccc4ccccc4c32)c1O. The second kappa shape index (κ2) is 12.5. The molecule has 42 heavy (non-hydrogen) atoms. The van der Waals surface area contributed by atoms with E-state index in [1.165, 1.54) is 22.7 Å². The molecule has 0 unspecified atom stereocenters. The van der Waals surface area contributed by atoms with Gasteiger partial charge in [0.15, 0.2) is 10.6 Å². The number of halogens is 1. The van der Waals surface area contributed by atoms with Gasteiger partial charge in [0.25, 0.3) is 0 Å². The van der Waals surface area contributed by atoms with Crippen molar-refractivity contribution in [2.75, 3.05) is 13.2 Å². The first-order valence-electron chi connectivity index (χ1n) is 13.5. The lowest BCUT2D eigenvalue weighted by Gasteiger charge is -2.12. The number of carbonyl (C=O) groups is 2. The van der Waals surface area contributed by atoms with Crippen molar-refractivity contribution in [2.24, 2.45) is 0 Å². The van der Waals surface area contributed by atoms with Crippen LogP contribution in [0.15, 0.2) is 78.4 Å². The van der Waals surface area contributed by atoms with E-state index in [2.05, 4.69) is 30.3 Å². The summed E-state index contributed by atoms with van der Waals surface area (Å²) in [6.07, 6.45) is 0. The Kier molecular flexibility index (Phi) is 8.82. The molecule has 1 N–H and O–H groups in total. The number of aromatic hydroxyl groups is 1. The molecule has 0 spiro atoms. The number of esters is 2. The largest absolute Gasteiger partial charge is 0.505 e. The number of thiophene rings is 2. The molecule has 0 saturated heterocycles. The molecule has 0 atom stereocenters. The fraction of sp³-hybridized carbons (Fsp3) is 0.176. The smallest absolute Gasteiger partial charge is 0.352 e. The van der Waals surface area contributed by atoms with E-state index in [4.69, 9.17) is 21.1 Å². The van der Waals surface area contributed by atoms with E-state index < -0.39 is 5.97 Å². The summed E-state index contributed by atoms with van der Waals surface area (Å²) in [5.41, 5.74) is 2.38. The number of rotatable bonds is 5. The lowest BCUT2D eigenvalue weighted by Crippen LogP contribution is -2.06. The summed E-state index contributed by atoms with van der Waals surface area (Å²) in [4.78, 5) is 24.1. The lowest BCUT2D eigenvalue weighted by molar-refractivity contribution is -0.138. The Morgan fingerprint density at radius 3 is 2.12 bits per heavy atom. The highest BCUT2D eigenvalue weighted by molar-refractivity contribution is 7.34. The maximum atomic E-state index is 12.0. The van der Waals surface area contributed by atoms with Gasteiger partial charge >= 0.3 is 11.9 Å². The van der Waals surface area contributed by atoms with Gasteiger partial charge < -0.3 is 14.6 Å². The average Bonchev–Trinajstić information content (AvgIpc) is 3.53. The predicted octanol–water partition coefficient (Wildman–Crippen LogP) is 9.83. The fourth-order valence-corrected chi connectivity index (χ4v) is 7.70. The summed E-state index contributed by atoms with van der Waals surface area (Å²) in [6, 6.07) is 24.4. The Balaban J connectivity index is 0.000000169. The minimum Gasteiger partial charge on any atom is -0.505 e. The Hall–Kier alpha value is -3.91. The van der Waals surface area contributed by atoms with Crippen LogP contribution in [0.4, 0.5) is 0 Å². The van der Waals surface area contributed by atoms with Crippen molar-refractivity contribution < 1.29 is 24.2 Å². The number of aryl methyl sites for hydroxylation is 1. The van der Waals surface area contributed by atoms with Crippen LogP contribution in [0.3, 0.4) is 0 Å². The molecule has 0 bridgehead atoms. The topological polar surface area (TPSA) is 72.8 Å². The third kappa shape index (κ3) is 5.48. The molecule has 0 aliphatic carbocycles. The van der Waals surface area contributed by atoms with Gasteiger partial charge in [-0.05, 0) is 60.9 Å². The zero-order chi connectivity index (χ0) is 30.0. The van der Waals surface area contributed by atoms with Gasteiger partial charge in [-0.2, -0.15) is 0 Å². The van der Waals surface area contributed by atoms with Gasteiger partial charge in [0.1, 0.15) is 0 Å². The van der Waals surface area contributed by atoms with Crippen molar-refractivity contribution in [1.82, 2.24) is 0 Å². The maximum Gasteiger partial charge on any atom is 0.352 e. The summed E-state index contributed by atoms with van der Waals surface area (Å²) in [5.74, 6) is -0.782. The minimum absolute atomic E-state index is 0.0451. The van der Waals surface area contributed by atoms with Crippen LogP contribution in [0.1, 0.15) is 41.6 Å². The van der Waals surface area contributed by atoms with E-state index in [-0.39, 0.29) is 16.6 Å². The van der Waals surface area contributed by atoms with Gasteiger partial charge in [-0.25, -0.2) is 9.59 Å². The summed E-state index contributed by atoms with van der Waals surface area (Å²) in [5, 5.41) is 16.4. The van der Waals surface area contributed by atoms with Crippen LogP contribution >= 0.6 is 34.3 Å². The van der Waals surface area contributed by atoms with Crippen LogP contribution in [-0.4, -0.2) is 30.3 Å². The number of carbonyl (C=O) groups excluding carboxylic acids is 2. The first-order valence-corrected chi connectivity index (χ1v) is 15.5.